The van der Waals surface area contributed by atoms with Crippen molar-refractivity contribution in [1.29, 1.82) is 0 Å². The normalized spacial score (nSPS) is 12.2. The van der Waals surface area contributed by atoms with Crippen LogP contribution in [0.25, 0.3) is 0 Å². The smallest absolute Gasteiger partial charge is 0.315 e. The van der Waals surface area contributed by atoms with Crippen LogP contribution in [-0.4, -0.2) is 37.5 Å². The van der Waals surface area contributed by atoms with E-state index < -0.39 is 17.9 Å². The summed E-state index contributed by atoms with van der Waals surface area (Å²) in [5.41, 5.74) is 4.02. The van der Waals surface area contributed by atoms with Gasteiger partial charge in [0.15, 0.2) is 0 Å². The molecule has 0 aliphatic rings. The van der Waals surface area contributed by atoms with Gasteiger partial charge in [-0.15, -0.1) is 0 Å². The molecule has 1 unspecified atom stereocenters. The van der Waals surface area contributed by atoms with Crippen molar-refractivity contribution in [3.05, 3.63) is 125 Å². The Morgan fingerprint density at radius 3 is 1.36 bits per heavy atom. The van der Waals surface area contributed by atoms with E-state index in [2.05, 4.69) is 0 Å². The average molecular weight is 529 g/mol. The van der Waals surface area contributed by atoms with E-state index in [1.807, 2.05) is 50.2 Å². The van der Waals surface area contributed by atoms with E-state index in [1.54, 1.807) is 36.4 Å². The minimum absolute atomic E-state index is 0.0913. The molecule has 0 saturated heterocycles. The lowest BCUT2D eigenvalue weighted by Gasteiger charge is -2.31. The van der Waals surface area contributed by atoms with Gasteiger partial charge in [0.1, 0.15) is 23.2 Å². The quantitative estimate of drug-likeness (QED) is 0.184. The molecule has 4 rings (SSSR count). The largest absolute Gasteiger partial charge is 0.508 e. The summed E-state index contributed by atoms with van der Waals surface area (Å²) in [4.78, 5) is 22.3. The monoisotopic (exact) mass is 528 g/mol. The van der Waals surface area contributed by atoms with Crippen molar-refractivity contribution in [3.63, 3.8) is 0 Å². The molecule has 0 aliphatic heterocycles. The Morgan fingerprint density at radius 1 is 0.641 bits per heavy atom. The third kappa shape index (κ3) is 7.61. The molecule has 4 aromatic rings. The van der Waals surface area contributed by atoms with Gasteiger partial charge in [-0.2, -0.15) is 0 Å². The average Bonchev–Trinajstić information content (AvgIpc) is 2.90. The third-order valence-corrected chi connectivity index (χ3v) is 6.73. The molecule has 39 heavy (non-hydrogen) atoms. The van der Waals surface area contributed by atoms with Gasteiger partial charge in [-0.3, -0.25) is 9.59 Å². The summed E-state index contributed by atoms with van der Waals surface area (Å²) < 4.78 is 0. The Kier molecular flexibility index (Phi) is 9.33. The number of carboxylic acids is 2. The number of carboxylic acid groups (broad SMARTS) is 2. The highest BCUT2D eigenvalue weighted by Gasteiger charge is 2.29. The van der Waals surface area contributed by atoms with Crippen molar-refractivity contribution in [3.8, 4) is 17.2 Å². The zero-order chi connectivity index (χ0) is 28.6. The summed E-state index contributed by atoms with van der Waals surface area (Å²) in [6, 6.07) is 27.2. The van der Waals surface area contributed by atoms with Gasteiger partial charge in [0.05, 0.1) is 0 Å². The van der Waals surface area contributed by atoms with Crippen molar-refractivity contribution < 1.29 is 35.1 Å². The minimum Gasteiger partial charge on any atom is -0.508 e. The molecule has 0 bridgehead atoms. The zero-order valence-electron chi connectivity index (χ0n) is 21.8. The Balaban J connectivity index is 0.000000218. The second kappa shape index (κ2) is 12.6. The SMILES string of the molecule is Cc1ccc(C(C)(CCC(=O)O)c2ccc(O)cc2)cc1.O=C(O)C(c1ccc(O)cc1)c1ccc(O)cc1. The van der Waals surface area contributed by atoms with Crippen LogP contribution in [-0.2, 0) is 15.0 Å². The minimum atomic E-state index is -0.980. The van der Waals surface area contributed by atoms with Crippen LogP contribution in [0.5, 0.6) is 17.2 Å². The molecule has 5 N–H and O–H groups in total. The van der Waals surface area contributed by atoms with Gasteiger partial charge >= 0.3 is 11.9 Å². The van der Waals surface area contributed by atoms with Gasteiger partial charge in [0.25, 0.3) is 0 Å². The number of rotatable bonds is 8. The standard InChI is InChI=1S/C18H20O3.C14H12O4/c1-13-3-5-14(6-4-13)18(2,12-11-17(20)21)15-7-9-16(19)10-8-15;15-11-5-1-9(2-6-11)13(14(17)18)10-3-7-12(16)8-4-10/h3-10,19H,11-12H2,1-2H3,(H,20,21);1-8,13,15-16H,(H,17,18). The lowest BCUT2D eigenvalue weighted by molar-refractivity contribution is -0.138. The van der Waals surface area contributed by atoms with E-state index in [0.29, 0.717) is 17.5 Å². The Bertz CT molecular complexity index is 1280. The van der Waals surface area contributed by atoms with E-state index in [0.717, 1.165) is 11.1 Å². The maximum Gasteiger partial charge on any atom is 0.315 e. The number of aromatic hydroxyl groups is 3. The molecule has 0 fully saturated rings. The Hall–Kier alpha value is -4.78. The van der Waals surface area contributed by atoms with Crippen molar-refractivity contribution in [1.82, 2.24) is 0 Å². The fraction of sp³-hybridized carbons (Fsp3) is 0.188. The van der Waals surface area contributed by atoms with Gasteiger partial charge < -0.3 is 25.5 Å². The van der Waals surface area contributed by atoms with Gasteiger partial charge in [0.2, 0.25) is 0 Å². The lowest BCUT2D eigenvalue weighted by atomic mass is 9.73. The van der Waals surface area contributed by atoms with Crippen molar-refractivity contribution in [2.45, 2.75) is 38.0 Å². The maximum absolute atomic E-state index is 11.3. The molecule has 0 radical (unpaired) electrons. The zero-order valence-corrected chi connectivity index (χ0v) is 21.8. The summed E-state index contributed by atoms with van der Waals surface area (Å²) >= 11 is 0. The van der Waals surface area contributed by atoms with E-state index in [4.69, 9.17) is 5.11 Å². The molecule has 1 atom stereocenters. The summed E-state index contributed by atoms with van der Waals surface area (Å²) in [6.45, 7) is 4.08. The number of phenolic OH excluding ortho intramolecular Hbond substituents is 3. The van der Waals surface area contributed by atoms with Crippen LogP contribution in [0.2, 0.25) is 0 Å². The van der Waals surface area contributed by atoms with Gasteiger partial charge in [-0.05, 0) is 72.0 Å². The number of carbonyl (C=O) groups is 2. The fourth-order valence-corrected chi connectivity index (χ4v) is 4.37. The maximum atomic E-state index is 11.3. The Labute approximate surface area is 227 Å². The first kappa shape index (κ1) is 28.8. The number of hydrogen-bond donors (Lipinski definition) is 5. The van der Waals surface area contributed by atoms with Crippen molar-refractivity contribution >= 4 is 11.9 Å². The second-order valence-corrected chi connectivity index (χ2v) is 9.59. The third-order valence-electron chi connectivity index (χ3n) is 6.73. The molecule has 7 nitrogen and oxygen atoms in total. The number of benzene rings is 4. The van der Waals surface area contributed by atoms with E-state index in [-0.39, 0.29) is 29.1 Å². The summed E-state index contributed by atoms with van der Waals surface area (Å²) in [7, 11) is 0. The fourth-order valence-electron chi connectivity index (χ4n) is 4.37. The highest BCUT2D eigenvalue weighted by atomic mass is 16.4. The number of aryl methyl sites for hydroxylation is 1. The number of hydrogen-bond acceptors (Lipinski definition) is 5. The predicted octanol–water partition coefficient (Wildman–Crippen LogP) is 6.19. The first-order valence-electron chi connectivity index (χ1n) is 12.4. The van der Waals surface area contributed by atoms with Crippen LogP contribution in [0.3, 0.4) is 0 Å². The second-order valence-electron chi connectivity index (χ2n) is 9.59. The van der Waals surface area contributed by atoms with E-state index in [9.17, 15) is 30.0 Å². The summed E-state index contributed by atoms with van der Waals surface area (Å²) in [6.07, 6.45) is 0.613. The van der Waals surface area contributed by atoms with E-state index in [1.165, 1.54) is 29.8 Å². The first-order valence-corrected chi connectivity index (χ1v) is 12.4. The van der Waals surface area contributed by atoms with Crippen molar-refractivity contribution in [2.24, 2.45) is 0 Å². The van der Waals surface area contributed by atoms with Crippen LogP contribution in [0.4, 0.5) is 0 Å². The van der Waals surface area contributed by atoms with Gasteiger partial charge in [-0.25, -0.2) is 0 Å². The molecule has 202 valence electrons. The molecule has 4 aromatic carbocycles. The molecule has 7 heteroatoms. The lowest BCUT2D eigenvalue weighted by Crippen LogP contribution is -2.24. The number of phenols is 3. The predicted molar refractivity (Wildman–Crippen MR) is 148 cm³/mol. The van der Waals surface area contributed by atoms with Crippen LogP contribution in [0, 0.1) is 6.92 Å². The van der Waals surface area contributed by atoms with Crippen LogP contribution in [0.1, 0.15) is 53.5 Å². The molecule has 0 amide bonds. The first-order chi connectivity index (χ1) is 18.5. The van der Waals surface area contributed by atoms with Crippen LogP contribution in [0.15, 0.2) is 97.1 Å². The van der Waals surface area contributed by atoms with Gasteiger partial charge in [0, 0.05) is 11.8 Å². The van der Waals surface area contributed by atoms with E-state index >= 15 is 0 Å². The molecule has 0 spiro atoms. The molecular formula is C32H32O7. The summed E-state index contributed by atoms with van der Waals surface area (Å²) in [5, 5.41) is 46.2. The van der Waals surface area contributed by atoms with Gasteiger partial charge in [-0.1, -0.05) is 73.2 Å². The highest BCUT2D eigenvalue weighted by Crippen LogP contribution is 2.37. The Morgan fingerprint density at radius 2 is 1.00 bits per heavy atom. The topological polar surface area (TPSA) is 135 Å². The molecule has 0 saturated carbocycles. The molecule has 0 aliphatic carbocycles. The highest BCUT2D eigenvalue weighted by molar-refractivity contribution is 5.80. The number of aliphatic carboxylic acids is 2. The van der Waals surface area contributed by atoms with Crippen LogP contribution < -0.4 is 0 Å². The van der Waals surface area contributed by atoms with Crippen molar-refractivity contribution in [2.75, 3.05) is 0 Å². The van der Waals surface area contributed by atoms with Crippen LogP contribution >= 0.6 is 0 Å². The summed E-state index contributed by atoms with van der Waals surface area (Å²) in [5.74, 6) is -2.20. The molecular weight excluding hydrogens is 496 g/mol. The molecule has 0 heterocycles. The molecule has 0 aromatic heterocycles.